The van der Waals surface area contributed by atoms with Crippen molar-refractivity contribution in [1.82, 2.24) is 9.88 Å². The van der Waals surface area contributed by atoms with E-state index in [0.29, 0.717) is 10.4 Å². The smallest absolute Gasteiger partial charge is 0.257 e. The van der Waals surface area contributed by atoms with E-state index in [4.69, 9.17) is 11.6 Å². The predicted octanol–water partition coefficient (Wildman–Crippen LogP) is 7.21. The molecule has 1 aromatic heterocycles. The van der Waals surface area contributed by atoms with Crippen LogP contribution in [0, 0.1) is 17.8 Å². The minimum Gasteiger partial charge on any atom is -0.346 e. The number of pyridine rings is 1. The van der Waals surface area contributed by atoms with Crippen LogP contribution in [0.5, 0.6) is 0 Å². The van der Waals surface area contributed by atoms with E-state index in [1.54, 1.807) is 0 Å². The van der Waals surface area contributed by atoms with Crippen molar-refractivity contribution in [2.75, 3.05) is 0 Å². The topological polar surface area (TPSA) is 51.1 Å². The van der Waals surface area contributed by atoms with Gasteiger partial charge in [0.15, 0.2) is 0 Å². The molecule has 4 fully saturated rings. The van der Waals surface area contributed by atoms with Gasteiger partial charge in [-0.2, -0.15) is 0 Å². The summed E-state index contributed by atoms with van der Waals surface area (Å²) in [5.74, 6) is 2.02. The average molecular weight is 503 g/mol. The molecule has 1 amide bonds. The molecule has 4 nitrogen and oxygen atoms in total. The number of nitrogens with one attached hydrogen (secondary N) is 1. The zero-order chi connectivity index (χ0) is 24.9. The van der Waals surface area contributed by atoms with Gasteiger partial charge in [0.1, 0.15) is 5.56 Å². The Kier molecular flexibility index (Phi) is 6.19. The van der Waals surface area contributed by atoms with Crippen LogP contribution in [0.4, 0.5) is 0 Å². The van der Waals surface area contributed by atoms with Crippen LogP contribution in [0.2, 0.25) is 5.02 Å². The van der Waals surface area contributed by atoms with Gasteiger partial charge in [0.2, 0.25) is 5.43 Å². The standard InChI is InChI=1S/C31H35ClN2O2/c1-2-3-4-11-34-19-27(30(36)33-31-16-20-12-21(17-31)14-22(13-20)18-31)29(35)26-15-24(7-10-28(26)34)23-5-8-25(32)9-6-23/h5-10,15,19-22H,2-4,11-14,16-18H2,1H3,(H,33,36). The summed E-state index contributed by atoms with van der Waals surface area (Å²) >= 11 is 6.09. The predicted molar refractivity (Wildman–Crippen MR) is 147 cm³/mol. The number of rotatable bonds is 7. The fourth-order valence-electron chi connectivity index (χ4n) is 7.67. The molecule has 4 aliphatic rings. The second kappa shape index (κ2) is 9.37. The minimum atomic E-state index is -0.190. The van der Waals surface area contributed by atoms with E-state index in [-0.39, 0.29) is 22.4 Å². The van der Waals surface area contributed by atoms with Crippen LogP contribution < -0.4 is 10.7 Å². The van der Waals surface area contributed by atoms with Gasteiger partial charge in [-0.1, -0.05) is 49.6 Å². The monoisotopic (exact) mass is 502 g/mol. The molecule has 188 valence electrons. The molecule has 7 rings (SSSR count). The van der Waals surface area contributed by atoms with Gasteiger partial charge >= 0.3 is 0 Å². The van der Waals surface area contributed by atoms with Crippen LogP contribution in [0.1, 0.15) is 75.1 Å². The molecule has 3 aromatic rings. The van der Waals surface area contributed by atoms with Crippen molar-refractivity contribution in [1.29, 1.82) is 0 Å². The molecule has 36 heavy (non-hydrogen) atoms. The first kappa shape index (κ1) is 23.8. The second-order valence-corrected chi connectivity index (χ2v) is 12.1. The first-order valence-electron chi connectivity index (χ1n) is 13.7. The Balaban J connectivity index is 1.39. The Hall–Kier alpha value is -2.59. The van der Waals surface area contributed by atoms with Crippen molar-refractivity contribution >= 4 is 28.4 Å². The number of fused-ring (bicyclic) bond motifs is 1. The molecule has 1 N–H and O–H groups in total. The summed E-state index contributed by atoms with van der Waals surface area (Å²) < 4.78 is 2.12. The maximum Gasteiger partial charge on any atom is 0.257 e. The average Bonchev–Trinajstić information content (AvgIpc) is 2.84. The number of halogens is 1. The summed E-state index contributed by atoms with van der Waals surface area (Å²) in [6, 6.07) is 13.7. The Morgan fingerprint density at radius 2 is 1.61 bits per heavy atom. The van der Waals surface area contributed by atoms with Crippen LogP contribution in [0.3, 0.4) is 0 Å². The van der Waals surface area contributed by atoms with E-state index >= 15 is 0 Å². The molecule has 0 atom stereocenters. The van der Waals surface area contributed by atoms with E-state index in [9.17, 15) is 9.59 Å². The highest BCUT2D eigenvalue weighted by Crippen LogP contribution is 2.55. The highest BCUT2D eigenvalue weighted by molar-refractivity contribution is 6.30. The van der Waals surface area contributed by atoms with Crippen molar-refractivity contribution in [2.24, 2.45) is 17.8 Å². The number of nitrogens with zero attached hydrogens (tertiary/aromatic N) is 1. The number of benzene rings is 2. The van der Waals surface area contributed by atoms with Crippen molar-refractivity contribution in [3.05, 3.63) is 69.5 Å². The third-order valence-electron chi connectivity index (χ3n) is 8.92. The lowest BCUT2D eigenvalue weighted by Gasteiger charge is -2.56. The number of amides is 1. The van der Waals surface area contributed by atoms with Gasteiger partial charge in [-0.15, -0.1) is 0 Å². The molecule has 1 heterocycles. The van der Waals surface area contributed by atoms with Crippen LogP contribution in [0.25, 0.3) is 22.0 Å². The molecule has 4 aliphatic carbocycles. The van der Waals surface area contributed by atoms with Crippen molar-refractivity contribution < 1.29 is 4.79 Å². The Labute approximate surface area is 218 Å². The molecule has 0 aliphatic heterocycles. The molecule has 0 unspecified atom stereocenters. The van der Waals surface area contributed by atoms with E-state index in [2.05, 4.69) is 22.9 Å². The van der Waals surface area contributed by atoms with Crippen LogP contribution in [-0.4, -0.2) is 16.0 Å². The van der Waals surface area contributed by atoms with Gasteiger partial charge in [-0.05, 0) is 98.1 Å². The van der Waals surface area contributed by atoms with Gasteiger partial charge < -0.3 is 9.88 Å². The summed E-state index contributed by atoms with van der Waals surface area (Å²) in [5, 5.41) is 4.72. The summed E-state index contributed by atoms with van der Waals surface area (Å²) in [4.78, 5) is 27.5. The summed E-state index contributed by atoms with van der Waals surface area (Å²) in [5.41, 5.74) is 2.83. The number of aromatic nitrogens is 1. The van der Waals surface area contributed by atoms with Gasteiger partial charge in [0, 0.05) is 28.7 Å². The summed E-state index contributed by atoms with van der Waals surface area (Å²) in [7, 11) is 0. The highest BCUT2D eigenvalue weighted by Gasteiger charge is 2.51. The molecule has 4 saturated carbocycles. The van der Waals surface area contributed by atoms with Crippen molar-refractivity contribution in [2.45, 2.75) is 76.8 Å². The number of aryl methyl sites for hydroxylation is 1. The van der Waals surface area contributed by atoms with Gasteiger partial charge in [-0.3, -0.25) is 9.59 Å². The van der Waals surface area contributed by atoms with Gasteiger partial charge in [-0.25, -0.2) is 0 Å². The van der Waals surface area contributed by atoms with Crippen molar-refractivity contribution in [3.8, 4) is 11.1 Å². The highest BCUT2D eigenvalue weighted by atomic mass is 35.5. The number of hydrogen-bond donors (Lipinski definition) is 1. The van der Waals surface area contributed by atoms with Gasteiger partial charge in [0.05, 0.1) is 5.52 Å². The van der Waals surface area contributed by atoms with Crippen LogP contribution >= 0.6 is 11.6 Å². The lowest BCUT2D eigenvalue weighted by molar-refractivity contribution is -0.0167. The molecule has 0 spiro atoms. The SMILES string of the molecule is CCCCCn1cc(C(=O)NC23CC4CC(CC(C4)C2)C3)c(=O)c2cc(-c3ccc(Cl)cc3)ccc21. The normalized spacial score (nSPS) is 26.4. The lowest BCUT2D eigenvalue weighted by atomic mass is 9.53. The largest absolute Gasteiger partial charge is 0.346 e. The molecule has 0 radical (unpaired) electrons. The zero-order valence-corrected chi connectivity index (χ0v) is 21.8. The first-order chi connectivity index (χ1) is 17.4. The van der Waals surface area contributed by atoms with E-state index in [1.807, 2.05) is 42.6 Å². The van der Waals surface area contributed by atoms with E-state index in [1.165, 1.54) is 19.3 Å². The fraction of sp³-hybridized carbons (Fsp3) is 0.484. The quantitative estimate of drug-likeness (QED) is 0.347. The summed E-state index contributed by atoms with van der Waals surface area (Å²) in [6.07, 6.45) is 12.3. The molecule has 4 bridgehead atoms. The van der Waals surface area contributed by atoms with Crippen LogP contribution in [0.15, 0.2) is 53.5 Å². The summed E-state index contributed by atoms with van der Waals surface area (Å²) in [6.45, 7) is 2.98. The third kappa shape index (κ3) is 4.38. The molecule has 0 saturated heterocycles. The molecular weight excluding hydrogens is 468 g/mol. The maximum atomic E-state index is 13.8. The van der Waals surface area contributed by atoms with Gasteiger partial charge in [0.25, 0.3) is 5.91 Å². The molecule has 5 heteroatoms. The minimum absolute atomic E-state index is 0.120. The Morgan fingerprint density at radius 1 is 0.972 bits per heavy atom. The first-order valence-corrected chi connectivity index (χ1v) is 14.1. The van der Waals surface area contributed by atoms with E-state index in [0.717, 1.165) is 79.5 Å². The number of unbranched alkanes of at least 4 members (excludes halogenated alkanes) is 2. The zero-order valence-electron chi connectivity index (χ0n) is 21.1. The number of carbonyl (C=O) groups excluding carboxylic acids is 1. The van der Waals surface area contributed by atoms with E-state index < -0.39 is 0 Å². The maximum absolute atomic E-state index is 13.8. The van der Waals surface area contributed by atoms with Crippen LogP contribution in [-0.2, 0) is 6.54 Å². The molecular formula is C31H35ClN2O2. The lowest BCUT2D eigenvalue weighted by Crippen LogP contribution is -2.60. The number of hydrogen-bond acceptors (Lipinski definition) is 2. The Morgan fingerprint density at radius 3 is 2.25 bits per heavy atom. The van der Waals surface area contributed by atoms with Crippen molar-refractivity contribution in [3.63, 3.8) is 0 Å². The Bertz CT molecular complexity index is 1320. The fourth-order valence-corrected chi connectivity index (χ4v) is 7.80. The molecule has 2 aromatic carbocycles. The third-order valence-corrected chi connectivity index (χ3v) is 9.17. The second-order valence-electron chi connectivity index (χ2n) is 11.7. The number of carbonyl (C=O) groups is 1.